The lowest BCUT2D eigenvalue weighted by Gasteiger charge is -2.04. The molecule has 0 saturated heterocycles. The number of carboxylic acid groups (broad SMARTS) is 1. The fourth-order valence-corrected chi connectivity index (χ4v) is 2.29. The number of aromatic carboxylic acids is 1. The van der Waals surface area contributed by atoms with E-state index >= 15 is 0 Å². The van der Waals surface area contributed by atoms with Crippen molar-refractivity contribution in [2.24, 2.45) is 0 Å². The third-order valence-electron chi connectivity index (χ3n) is 2.47. The van der Waals surface area contributed by atoms with Crippen LogP contribution in [0.1, 0.15) is 41.0 Å². The SMILES string of the molecule is CC(C)c1csc(COc2ccnc(C(=O)O)c2)n1. The maximum Gasteiger partial charge on any atom is 0.354 e. The molecule has 0 saturated carbocycles. The van der Waals surface area contributed by atoms with Crippen LogP contribution in [0, 0.1) is 0 Å². The maximum absolute atomic E-state index is 10.8. The molecule has 0 fully saturated rings. The predicted octanol–water partition coefficient (Wildman–Crippen LogP) is 2.94. The Hall–Kier alpha value is -1.95. The van der Waals surface area contributed by atoms with Gasteiger partial charge in [0, 0.05) is 17.6 Å². The Morgan fingerprint density at radius 2 is 2.32 bits per heavy atom. The Morgan fingerprint density at radius 3 is 2.95 bits per heavy atom. The zero-order valence-corrected chi connectivity index (χ0v) is 11.5. The number of carbonyl (C=O) groups is 1. The van der Waals surface area contributed by atoms with Gasteiger partial charge in [0.25, 0.3) is 0 Å². The van der Waals surface area contributed by atoms with Crippen LogP contribution >= 0.6 is 11.3 Å². The van der Waals surface area contributed by atoms with E-state index in [2.05, 4.69) is 23.8 Å². The van der Waals surface area contributed by atoms with E-state index in [0.717, 1.165) is 10.7 Å². The van der Waals surface area contributed by atoms with Crippen molar-refractivity contribution in [1.82, 2.24) is 9.97 Å². The van der Waals surface area contributed by atoms with Crippen molar-refractivity contribution in [3.8, 4) is 5.75 Å². The lowest BCUT2D eigenvalue weighted by molar-refractivity contribution is 0.0690. The van der Waals surface area contributed by atoms with Crippen LogP contribution in [-0.4, -0.2) is 21.0 Å². The van der Waals surface area contributed by atoms with E-state index in [4.69, 9.17) is 9.84 Å². The Morgan fingerprint density at radius 1 is 1.53 bits per heavy atom. The normalized spacial score (nSPS) is 10.7. The van der Waals surface area contributed by atoms with Crippen molar-refractivity contribution in [2.45, 2.75) is 26.4 Å². The number of pyridine rings is 1. The number of hydrogen-bond acceptors (Lipinski definition) is 5. The molecule has 0 radical (unpaired) electrons. The fraction of sp³-hybridized carbons (Fsp3) is 0.308. The van der Waals surface area contributed by atoms with E-state index < -0.39 is 5.97 Å². The van der Waals surface area contributed by atoms with Gasteiger partial charge in [0.05, 0.1) is 5.69 Å². The highest BCUT2D eigenvalue weighted by Crippen LogP contribution is 2.19. The van der Waals surface area contributed by atoms with Gasteiger partial charge >= 0.3 is 5.97 Å². The summed E-state index contributed by atoms with van der Waals surface area (Å²) in [6.45, 7) is 4.50. The summed E-state index contributed by atoms with van der Waals surface area (Å²) in [4.78, 5) is 18.9. The summed E-state index contributed by atoms with van der Waals surface area (Å²) in [6.07, 6.45) is 1.42. The minimum absolute atomic E-state index is 0.0282. The maximum atomic E-state index is 10.8. The average molecular weight is 278 g/mol. The third kappa shape index (κ3) is 3.51. The van der Waals surface area contributed by atoms with Crippen molar-refractivity contribution >= 4 is 17.3 Å². The molecular formula is C13H14N2O3S. The molecule has 0 aromatic carbocycles. The van der Waals surface area contributed by atoms with Crippen LogP contribution < -0.4 is 4.74 Å². The Kier molecular flexibility index (Phi) is 4.11. The van der Waals surface area contributed by atoms with Gasteiger partial charge in [0.2, 0.25) is 0 Å². The molecule has 0 aliphatic rings. The number of rotatable bonds is 5. The highest BCUT2D eigenvalue weighted by molar-refractivity contribution is 7.09. The second-order valence-electron chi connectivity index (χ2n) is 4.29. The van der Waals surface area contributed by atoms with Crippen molar-refractivity contribution < 1.29 is 14.6 Å². The largest absolute Gasteiger partial charge is 0.486 e. The van der Waals surface area contributed by atoms with E-state index in [1.807, 2.05) is 5.38 Å². The zero-order chi connectivity index (χ0) is 13.8. The van der Waals surface area contributed by atoms with Crippen LogP contribution in [0.4, 0.5) is 0 Å². The second-order valence-corrected chi connectivity index (χ2v) is 5.23. The van der Waals surface area contributed by atoms with E-state index in [0.29, 0.717) is 18.3 Å². The summed E-state index contributed by atoms with van der Waals surface area (Å²) in [5, 5.41) is 11.7. The minimum Gasteiger partial charge on any atom is -0.486 e. The van der Waals surface area contributed by atoms with Crippen LogP contribution in [0.3, 0.4) is 0 Å². The lowest BCUT2D eigenvalue weighted by Crippen LogP contribution is -2.01. The van der Waals surface area contributed by atoms with Crippen LogP contribution in [0.25, 0.3) is 0 Å². The Bertz CT molecular complexity index is 581. The molecule has 2 rings (SSSR count). The van der Waals surface area contributed by atoms with Crippen LogP contribution in [0.2, 0.25) is 0 Å². The topological polar surface area (TPSA) is 72.3 Å². The first-order chi connectivity index (χ1) is 9.06. The first-order valence-corrected chi connectivity index (χ1v) is 6.70. The van der Waals surface area contributed by atoms with Gasteiger partial charge in [-0.2, -0.15) is 0 Å². The number of hydrogen-bond donors (Lipinski definition) is 1. The van der Waals surface area contributed by atoms with Crippen molar-refractivity contribution in [3.63, 3.8) is 0 Å². The quantitative estimate of drug-likeness (QED) is 0.910. The molecule has 0 bridgehead atoms. The minimum atomic E-state index is -1.07. The molecule has 2 aromatic heterocycles. The number of ether oxygens (including phenoxy) is 1. The van der Waals surface area contributed by atoms with E-state index in [9.17, 15) is 4.79 Å². The smallest absolute Gasteiger partial charge is 0.354 e. The molecule has 2 aromatic rings. The van der Waals surface area contributed by atoms with Crippen LogP contribution in [0.5, 0.6) is 5.75 Å². The lowest BCUT2D eigenvalue weighted by atomic mass is 10.2. The molecule has 0 atom stereocenters. The number of nitrogens with zero attached hydrogens (tertiary/aromatic N) is 2. The third-order valence-corrected chi connectivity index (χ3v) is 3.31. The summed E-state index contributed by atoms with van der Waals surface area (Å²) in [6, 6.07) is 3.03. The van der Waals surface area contributed by atoms with Gasteiger partial charge in [-0.25, -0.2) is 14.8 Å². The van der Waals surface area contributed by atoms with Gasteiger partial charge < -0.3 is 9.84 Å². The monoisotopic (exact) mass is 278 g/mol. The second kappa shape index (κ2) is 5.79. The molecular weight excluding hydrogens is 264 g/mol. The van der Waals surface area contributed by atoms with E-state index in [1.165, 1.54) is 23.6 Å². The summed E-state index contributed by atoms with van der Waals surface area (Å²) in [7, 11) is 0. The molecule has 0 aliphatic heterocycles. The Labute approximate surface area is 114 Å². The van der Waals surface area contributed by atoms with Gasteiger partial charge in [-0.15, -0.1) is 11.3 Å². The summed E-state index contributed by atoms with van der Waals surface area (Å²) < 4.78 is 5.52. The number of aromatic nitrogens is 2. The van der Waals surface area contributed by atoms with Gasteiger partial charge in [-0.3, -0.25) is 0 Å². The van der Waals surface area contributed by atoms with Gasteiger partial charge in [-0.05, 0) is 12.0 Å². The van der Waals surface area contributed by atoms with Crippen molar-refractivity contribution in [3.05, 3.63) is 40.1 Å². The fourth-order valence-electron chi connectivity index (χ4n) is 1.42. The molecule has 0 spiro atoms. The predicted molar refractivity (Wildman–Crippen MR) is 71.7 cm³/mol. The summed E-state index contributed by atoms with van der Waals surface area (Å²) in [5.74, 6) is -0.194. The summed E-state index contributed by atoms with van der Waals surface area (Å²) >= 11 is 1.54. The zero-order valence-electron chi connectivity index (χ0n) is 10.7. The first-order valence-electron chi connectivity index (χ1n) is 5.82. The van der Waals surface area contributed by atoms with Crippen molar-refractivity contribution in [2.75, 3.05) is 0 Å². The molecule has 0 unspecified atom stereocenters. The van der Waals surface area contributed by atoms with E-state index in [1.54, 1.807) is 6.07 Å². The molecule has 5 nitrogen and oxygen atoms in total. The molecule has 0 aliphatic carbocycles. The van der Waals surface area contributed by atoms with Gasteiger partial charge in [0.1, 0.15) is 17.4 Å². The highest BCUT2D eigenvalue weighted by Gasteiger charge is 2.08. The molecule has 6 heteroatoms. The Balaban J connectivity index is 2.01. The number of carboxylic acids is 1. The molecule has 1 N–H and O–H groups in total. The molecule has 19 heavy (non-hydrogen) atoms. The average Bonchev–Trinajstić information content (AvgIpc) is 2.85. The van der Waals surface area contributed by atoms with Gasteiger partial charge in [0.15, 0.2) is 5.69 Å². The molecule has 0 amide bonds. The molecule has 2 heterocycles. The standard InChI is InChI=1S/C13H14N2O3S/c1-8(2)11-7-19-12(15-11)6-18-9-3-4-14-10(5-9)13(16)17/h3-5,7-8H,6H2,1-2H3,(H,16,17). The van der Waals surface area contributed by atoms with Crippen LogP contribution in [0.15, 0.2) is 23.7 Å². The highest BCUT2D eigenvalue weighted by atomic mass is 32.1. The first kappa shape index (κ1) is 13.5. The molecule has 100 valence electrons. The summed E-state index contributed by atoms with van der Waals surface area (Å²) in [5.41, 5.74) is 1.02. The van der Waals surface area contributed by atoms with Crippen molar-refractivity contribution in [1.29, 1.82) is 0 Å². The van der Waals surface area contributed by atoms with Crippen LogP contribution in [-0.2, 0) is 6.61 Å². The van der Waals surface area contributed by atoms with Gasteiger partial charge in [-0.1, -0.05) is 13.8 Å². The number of thiazole rings is 1. The van der Waals surface area contributed by atoms with E-state index in [-0.39, 0.29) is 5.69 Å².